The SMILES string of the molecule is CN1C(=O)[C@@H](NC(=O)n2cc(Cc3cccc(F)c3)cn2)COc2ccc(OCCC[C@@H]3CCC[C@H](O)C3)cc21. The maximum Gasteiger partial charge on any atom is 0.342 e. The molecule has 2 aliphatic rings. The van der Waals surface area contributed by atoms with E-state index in [4.69, 9.17) is 9.47 Å². The van der Waals surface area contributed by atoms with E-state index in [0.29, 0.717) is 36.1 Å². The van der Waals surface area contributed by atoms with Crippen molar-refractivity contribution in [2.45, 2.75) is 57.1 Å². The molecular weight excluding hydrogens is 515 g/mol. The monoisotopic (exact) mass is 550 g/mol. The van der Waals surface area contributed by atoms with E-state index in [9.17, 15) is 19.1 Å². The Balaban J connectivity index is 1.15. The number of carbonyl (C=O) groups is 2. The van der Waals surface area contributed by atoms with E-state index in [1.807, 2.05) is 6.07 Å². The van der Waals surface area contributed by atoms with E-state index in [1.54, 1.807) is 37.5 Å². The molecule has 2 amide bonds. The molecule has 1 fully saturated rings. The normalized spacial score (nSPS) is 20.8. The van der Waals surface area contributed by atoms with Gasteiger partial charge < -0.3 is 24.8 Å². The molecule has 0 unspecified atom stereocenters. The van der Waals surface area contributed by atoms with Gasteiger partial charge in [-0.2, -0.15) is 9.78 Å². The minimum Gasteiger partial charge on any atom is -0.494 e. The Bertz CT molecular complexity index is 1350. The summed E-state index contributed by atoms with van der Waals surface area (Å²) in [6, 6.07) is 10.1. The van der Waals surface area contributed by atoms with E-state index < -0.39 is 12.1 Å². The smallest absolute Gasteiger partial charge is 0.342 e. The fraction of sp³-hybridized carbons (Fsp3) is 0.433. The Kier molecular flexibility index (Phi) is 8.64. The highest BCUT2D eigenvalue weighted by molar-refractivity contribution is 6.00. The molecule has 1 aromatic heterocycles. The van der Waals surface area contributed by atoms with Crippen LogP contribution in [0.4, 0.5) is 14.9 Å². The number of aliphatic hydroxyl groups is 1. The molecule has 40 heavy (non-hydrogen) atoms. The fourth-order valence-electron chi connectivity index (χ4n) is 5.42. The second-order valence-corrected chi connectivity index (χ2v) is 10.6. The predicted molar refractivity (Wildman–Crippen MR) is 147 cm³/mol. The first-order chi connectivity index (χ1) is 19.4. The first kappa shape index (κ1) is 27.6. The summed E-state index contributed by atoms with van der Waals surface area (Å²) in [5.41, 5.74) is 2.06. The summed E-state index contributed by atoms with van der Waals surface area (Å²) in [5.74, 6) is 1.05. The number of benzene rings is 2. The van der Waals surface area contributed by atoms with Crippen molar-refractivity contribution in [3.05, 3.63) is 71.8 Å². The summed E-state index contributed by atoms with van der Waals surface area (Å²) in [6.45, 7) is 0.514. The maximum absolute atomic E-state index is 13.5. The highest BCUT2D eigenvalue weighted by Gasteiger charge is 2.31. The van der Waals surface area contributed by atoms with Gasteiger partial charge in [-0.15, -0.1) is 0 Å². The van der Waals surface area contributed by atoms with E-state index in [2.05, 4.69) is 10.4 Å². The molecule has 0 saturated heterocycles. The number of halogens is 1. The van der Waals surface area contributed by atoms with Crippen molar-refractivity contribution in [3.8, 4) is 11.5 Å². The van der Waals surface area contributed by atoms with Crippen LogP contribution in [0, 0.1) is 11.7 Å². The van der Waals surface area contributed by atoms with Crippen molar-refractivity contribution >= 4 is 17.6 Å². The molecule has 3 aromatic rings. The van der Waals surface area contributed by atoms with Gasteiger partial charge >= 0.3 is 6.03 Å². The summed E-state index contributed by atoms with van der Waals surface area (Å²) in [5, 5.41) is 16.7. The van der Waals surface area contributed by atoms with Gasteiger partial charge in [0.1, 0.15) is 30.0 Å². The van der Waals surface area contributed by atoms with Gasteiger partial charge in [-0.1, -0.05) is 25.0 Å². The fourth-order valence-corrected chi connectivity index (χ4v) is 5.42. The molecule has 1 aliphatic carbocycles. The van der Waals surface area contributed by atoms with Gasteiger partial charge in [-0.05, 0) is 67.0 Å². The maximum atomic E-state index is 13.5. The van der Waals surface area contributed by atoms with Gasteiger partial charge in [0, 0.05) is 25.7 Å². The van der Waals surface area contributed by atoms with Crippen molar-refractivity contribution in [3.63, 3.8) is 0 Å². The lowest BCUT2D eigenvalue weighted by molar-refractivity contribution is -0.120. The van der Waals surface area contributed by atoms with Gasteiger partial charge in [-0.3, -0.25) is 4.79 Å². The second-order valence-electron chi connectivity index (χ2n) is 10.6. The van der Waals surface area contributed by atoms with Crippen LogP contribution in [-0.2, 0) is 11.2 Å². The number of nitrogens with zero attached hydrogens (tertiary/aromatic N) is 3. The Hall–Kier alpha value is -3.92. The van der Waals surface area contributed by atoms with Gasteiger partial charge in [-0.25, -0.2) is 9.18 Å². The van der Waals surface area contributed by atoms with Gasteiger partial charge in [0.15, 0.2) is 0 Å². The van der Waals surface area contributed by atoms with Crippen molar-refractivity contribution in [1.82, 2.24) is 15.1 Å². The van der Waals surface area contributed by atoms with Crippen LogP contribution in [0.5, 0.6) is 11.5 Å². The molecule has 1 saturated carbocycles. The number of carbonyl (C=O) groups excluding carboxylic acids is 2. The number of amides is 2. The van der Waals surface area contributed by atoms with Gasteiger partial charge in [0.25, 0.3) is 5.91 Å². The zero-order valence-electron chi connectivity index (χ0n) is 22.6. The molecule has 0 bridgehead atoms. The van der Waals surface area contributed by atoms with Crippen LogP contribution < -0.4 is 19.7 Å². The average Bonchev–Trinajstić information content (AvgIpc) is 3.37. The Labute approximate surface area is 232 Å². The van der Waals surface area contributed by atoms with Gasteiger partial charge in [0.2, 0.25) is 0 Å². The van der Waals surface area contributed by atoms with Crippen LogP contribution in [0.15, 0.2) is 54.9 Å². The number of nitrogens with one attached hydrogen (secondary N) is 1. The average molecular weight is 551 g/mol. The standard InChI is InChI=1S/C30H35FN4O5/c1-34-27-16-25(39-12-4-7-20-5-3-9-24(36)15-20)10-11-28(27)40-19-26(29(34)37)33-30(38)35-18-22(17-32-35)13-21-6-2-8-23(31)14-21/h2,6,8,10-11,14,16-18,20,24,26,36H,3-5,7,9,12-13,15,19H2,1H3,(H,33,38)/t20-,24-,26-/m0/s1. The molecule has 1 aliphatic heterocycles. The zero-order valence-corrected chi connectivity index (χ0v) is 22.6. The van der Waals surface area contributed by atoms with Crippen LogP contribution in [0.1, 0.15) is 49.7 Å². The number of ether oxygens (including phenoxy) is 2. The van der Waals surface area contributed by atoms with E-state index in [0.717, 1.165) is 54.3 Å². The molecule has 5 rings (SSSR count). The minimum atomic E-state index is -0.920. The molecular formula is C30H35FN4O5. The number of likely N-dealkylation sites (N-methyl/N-ethyl adjacent to an activating group) is 1. The molecule has 0 radical (unpaired) electrons. The van der Waals surface area contributed by atoms with E-state index >= 15 is 0 Å². The first-order valence-electron chi connectivity index (χ1n) is 13.8. The highest BCUT2D eigenvalue weighted by Crippen LogP contribution is 2.34. The Morgan fingerprint density at radius 2 is 2.10 bits per heavy atom. The largest absolute Gasteiger partial charge is 0.494 e. The third-order valence-electron chi connectivity index (χ3n) is 7.55. The topological polar surface area (TPSA) is 106 Å². The van der Waals surface area contributed by atoms with Crippen molar-refractivity contribution in [2.75, 3.05) is 25.2 Å². The molecule has 0 spiro atoms. The minimum absolute atomic E-state index is 0.0349. The first-order valence-corrected chi connectivity index (χ1v) is 13.8. The van der Waals surface area contributed by atoms with Crippen LogP contribution in [-0.4, -0.2) is 59.2 Å². The van der Waals surface area contributed by atoms with Crippen LogP contribution in [0.3, 0.4) is 0 Å². The zero-order chi connectivity index (χ0) is 28.1. The lowest BCUT2D eigenvalue weighted by atomic mass is 9.84. The number of aromatic nitrogens is 2. The summed E-state index contributed by atoms with van der Waals surface area (Å²) in [6.07, 6.45) is 9.28. The molecule has 3 atom stereocenters. The summed E-state index contributed by atoms with van der Waals surface area (Å²) in [4.78, 5) is 27.6. The van der Waals surface area contributed by atoms with Crippen LogP contribution in [0.25, 0.3) is 0 Å². The number of anilines is 1. The van der Waals surface area contributed by atoms with Crippen LogP contribution >= 0.6 is 0 Å². The summed E-state index contributed by atoms with van der Waals surface area (Å²) < 4.78 is 26.4. The molecule has 9 nitrogen and oxygen atoms in total. The second kappa shape index (κ2) is 12.5. The molecule has 2 N–H and O–H groups in total. The molecule has 2 aromatic carbocycles. The van der Waals surface area contributed by atoms with E-state index in [-0.39, 0.29) is 24.4 Å². The Morgan fingerprint density at radius 1 is 1.23 bits per heavy atom. The quantitative estimate of drug-likeness (QED) is 0.405. The number of hydrogen-bond donors (Lipinski definition) is 2. The Morgan fingerprint density at radius 3 is 2.92 bits per heavy atom. The number of hydrogen-bond acceptors (Lipinski definition) is 6. The van der Waals surface area contributed by atoms with E-state index in [1.165, 1.54) is 23.2 Å². The van der Waals surface area contributed by atoms with Crippen molar-refractivity contribution in [1.29, 1.82) is 0 Å². The molecule has 212 valence electrons. The third kappa shape index (κ3) is 6.80. The predicted octanol–water partition coefficient (Wildman–Crippen LogP) is 4.30. The van der Waals surface area contributed by atoms with Crippen molar-refractivity contribution in [2.24, 2.45) is 5.92 Å². The lowest BCUT2D eigenvalue weighted by Crippen LogP contribution is -2.50. The third-order valence-corrected chi connectivity index (χ3v) is 7.55. The number of aliphatic hydroxyl groups excluding tert-OH is 1. The van der Waals surface area contributed by atoms with Crippen LogP contribution in [0.2, 0.25) is 0 Å². The lowest BCUT2D eigenvalue weighted by Gasteiger charge is -2.25. The molecule has 10 heteroatoms. The summed E-state index contributed by atoms with van der Waals surface area (Å²) in [7, 11) is 1.64. The number of rotatable bonds is 8. The summed E-state index contributed by atoms with van der Waals surface area (Å²) >= 11 is 0. The van der Waals surface area contributed by atoms with Gasteiger partial charge in [0.05, 0.1) is 24.6 Å². The number of fused-ring (bicyclic) bond motifs is 1. The highest BCUT2D eigenvalue weighted by atomic mass is 19.1. The van der Waals surface area contributed by atoms with Crippen molar-refractivity contribution < 1.29 is 28.6 Å². The molecule has 2 heterocycles.